The Morgan fingerprint density at radius 3 is 2.32 bits per heavy atom. The number of nitrogens with one attached hydrogen (secondary N) is 1. The standard InChI is InChI=1S/C21H20ClN3O3/c1-13-10-14(2)24-21(23-13)25-20(26)16-6-9-18(19(11-16)27-3)28-12-15-4-7-17(22)8-5-15/h4-11H,12H2,1-3H3,(H,23,24,25,26). The molecule has 0 bridgehead atoms. The van der Waals surface area contributed by atoms with Crippen LogP contribution in [0.25, 0.3) is 0 Å². The number of hydrogen-bond donors (Lipinski definition) is 1. The SMILES string of the molecule is COc1cc(C(=O)Nc2nc(C)cc(C)n2)ccc1OCc1ccc(Cl)cc1. The lowest BCUT2D eigenvalue weighted by Crippen LogP contribution is -2.15. The number of benzene rings is 2. The number of rotatable bonds is 6. The van der Waals surface area contributed by atoms with Gasteiger partial charge in [0.2, 0.25) is 5.95 Å². The van der Waals surface area contributed by atoms with E-state index in [9.17, 15) is 4.79 Å². The maximum atomic E-state index is 12.5. The van der Waals surface area contributed by atoms with E-state index in [1.807, 2.05) is 32.0 Å². The van der Waals surface area contributed by atoms with Gasteiger partial charge in [0.25, 0.3) is 5.91 Å². The van der Waals surface area contributed by atoms with Crippen LogP contribution in [-0.4, -0.2) is 23.0 Å². The number of halogens is 1. The van der Waals surface area contributed by atoms with Crippen molar-refractivity contribution in [1.82, 2.24) is 9.97 Å². The summed E-state index contributed by atoms with van der Waals surface area (Å²) in [6.07, 6.45) is 0. The number of carbonyl (C=O) groups excluding carboxylic acids is 1. The lowest BCUT2D eigenvalue weighted by molar-refractivity contribution is 0.102. The number of hydrogen-bond acceptors (Lipinski definition) is 5. The molecule has 0 spiro atoms. The molecule has 0 aliphatic rings. The van der Waals surface area contributed by atoms with Gasteiger partial charge in [0.1, 0.15) is 6.61 Å². The highest BCUT2D eigenvalue weighted by Gasteiger charge is 2.13. The van der Waals surface area contributed by atoms with Crippen LogP contribution in [0.3, 0.4) is 0 Å². The van der Waals surface area contributed by atoms with Crippen molar-refractivity contribution in [2.75, 3.05) is 12.4 Å². The molecule has 7 heteroatoms. The molecule has 6 nitrogen and oxygen atoms in total. The average molecular weight is 398 g/mol. The number of methoxy groups -OCH3 is 1. The second-order valence-electron chi connectivity index (χ2n) is 6.21. The topological polar surface area (TPSA) is 73.3 Å². The molecule has 0 saturated carbocycles. The van der Waals surface area contributed by atoms with E-state index in [-0.39, 0.29) is 11.9 Å². The second-order valence-corrected chi connectivity index (χ2v) is 6.65. The predicted octanol–water partition coefficient (Wildman–Crippen LogP) is 4.59. The smallest absolute Gasteiger partial charge is 0.258 e. The van der Waals surface area contributed by atoms with Crippen molar-refractivity contribution >= 4 is 23.5 Å². The summed E-state index contributed by atoms with van der Waals surface area (Å²) >= 11 is 5.89. The van der Waals surface area contributed by atoms with Crippen LogP contribution >= 0.6 is 11.6 Å². The number of aryl methyl sites for hydroxylation is 2. The van der Waals surface area contributed by atoms with Gasteiger partial charge in [-0.15, -0.1) is 0 Å². The number of nitrogens with zero attached hydrogens (tertiary/aromatic N) is 2. The van der Waals surface area contributed by atoms with Crippen molar-refractivity contribution < 1.29 is 14.3 Å². The van der Waals surface area contributed by atoms with E-state index in [1.54, 1.807) is 30.3 Å². The zero-order chi connectivity index (χ0) is 20.1. The zero-order valence-electron chi connectivity index (χ0n) is 15.8. The molecule has 3 aromatic rings. The predicted molar refractivity (Wildman–Crippen MR) is 108 cm³/mol. The van der Waals surface area contributed by atoms with E-state index in [1.165, 1.54) is 7.11 Å². The van der Waals surface area contributed by atoms with Gasteiger partial charge >= 0.3 is 0 Å². The first-order chi connectivity index (χ1) is 13.4. The van der Waals surface area contributed by atoms with Crippen molar-refractivity contribution in [2.45, 2.75) is 20.5 Å². The van der Waals surface area contributed by atoms with Crippen LogP contribution < -0.4 is 14.8 Å². The Bertz CT molecular complexity index is 970. The second kappa shape index (κ2) is 8.71. The molecule has 0 radical (unpaired) electrons. The number of amides is 1. The van der Waals surface area contributed by atoms with Crippen LogP contribution in [0, 0.1) is 13.8 Å². The number of ether oxygens (including phenoxy) is 2. The molecule has 1 heterocycles. The lowest BCUT2D eigenvalue weighted by Gasteiger charge is -2.12. The first kappa shape index (κ1) is 19.6. The minimum absolute atomic E-state index is 0.268. The first-order valence-corrected chi connectivity index (χ1v) is 9.01. The van der Waals surface area contributed by atoms with Gasteiger partial charge in [0.15, 0.2) is 11.5 Å². The number of aromatic nitrogens is 2. The molecule has 2 aromatic carbocycles. The minimum atomic E-state index is -0.326. The van der Waals surface area contributed by atoms with Crippen LogP contribution in [-0.2, 0) is 6.61 Å². The highest BCUT2D eigenvalue weighted by molar-refractivity contribution is 6.30. The van der Waals surface area contributed by atoms with Crippen LogP contribution in [0.1, 0.15) is 27.3 Å². The van der Waals surface area contributed by atoms with E-state index in [0.717, 1.165) is 17.0 Å². The Morgan fingerprint density at radius 2 is 1.68 bits per heavy atom. The highest BCUT2D eigenvalue weighted by atomic mass is 35.5. The molecule has 28 heavy (non-hydrogen) atoms. The summed E-state index contributed by atoms with van der Waals surface area (Å²) in [5.41, 5.74) is 2.95. The van der Waals surface area contributed by atoms with Gasteiger partial charge in [-0.25, -0.2) is 9.97 Å². The lowest BCUT2D eigenvalue weighted by atomic mass is 10.2. The van der Waals surface area contributed by atoms with E-state index in [2.05, 4.69) is 15.3 Å². The van der Waals surface area contributed by atoms with Crippen molar-refractivity contribution in [3.05, 3.63) is 76.1 Å². The summed E-state index contributed by atoms with van der Waals surface area (Å²) < 4.78 is 11.2. The molecule has 0 fully saturated rings. The van der Waals surface area contributed by atoms with E-state index < -0.39 is 0 Å². The number of anilines is 1. The number of carbonyl (C=O) groups is 1. The normalized spacial score (nSPS) is 10.4. The maximum Gasteiger partial charge on any atom is 0.258 e. The molecule has 0 aliphatic heterocycles. The Morgan fingerprint density at radius 1 is 1.00 bits per heavy atom. The average Bonchev–Trinajstić information content (AvgIpc) is 2.66. The highest BCUT2D eigenvalue weighted by Crippen LogP contribution is 2.29. The Labute approximate surface area is 168 Å². The van der Waals surface area contributed by atoms with Crippen LogP contribution in [0.15, 0.2) is 48.5 Å². The third-order valence-electron chi connectivity index (χ3n) is 3.94. The minimum Gasteiger partial charge on any atom is -0.493 e. The molecule has 0 aliphatic carbocycles. The molecule has 3 rings (SSSR count). The molecule has 0 atom stereocenters. The third-order valence-corrected chi connectivity index (χ3v) is 4.19. The monoisotopic (exact) mass is 397 g/mol. The summed E-state index contributed by atoms with van der Waals surface area (Å²) in [7, 11) is 1.53. The fourth-order valence-electron chi connectivity index (χ4n) is 2.63. The van der Waals surface area contributed by atoms with Crippen molar-refractivity contribution in [1.29, 1.82) is 0 Å². The van der Waals surface area contributed by atoms with E-state index >= 15 is 0 Å². The van der Waals surface area contributed by atoms with Crippen molar-refractivity contribution in [3.8, 4) is 11.5 Å². The summed E-state index contributed by atoms with van der Waals surface area (Å²) in [6.45, 7) is 4.05. The molecule has 144 valence electrons. The Kier molecular flexibility index (Phi) is 6.11. The molecule has 1 N–H and O–H groups in total. The van der Waals surface area contributed by atoms with E-state index in [4.69, 9.17) is 21.1 Å². The van der Waals surface area contributed by atoms with Gasteiger partial charge in [-0.3, -0.25) is 10.1 Å². The molecular weight excluding hydrogens is 378 g/mol. The molecule has 0 unspecified atom stereocenters. The van der Waals surface area contributed by atoms with Gasteiger partial charge in [0, 0.05) is 22.0 Å². The zero-order valence-corrected chi connectivity index (χ0v) is 16.6. The van der Waals surface area contributed by atoms with Crippen LogP contribution in [0.2, 0.25) is 5.02 Å². The molecular formula is C21H20ClN3O3. The van der Waals surface area contributed by atoms with Gasteiger partial charge in [-0.05, 0) is 55.8 Å². The van der Waals surface area contributed by atoms with Gasteiger partial charge in [-0.2, -0.15) is 0 Å². The van der Waals surface area contributed by atoms with Crippen molar-refractivity contribution in [2.24, 2.45) is 0 Å². The Hall–Kier alpha value is -3.12. The summed E-state index contributed by atoms with van der Waals surface area (Å²) in [4.78, 5) is 21.0. The summed E-state index contributed by atoms with van der Waals surface area (Å²) in [6, 6.07) is 14.2. The summed E-state index contributed by atoms with van der Waals surface area (Å²) in [5.74, 6) is 0.941. The maximum absolute atomic E-state index is 12.5. The third kappa shape index (κ3) is 4.98. The molecule has 1 amide bonds. The Balaban J connectivity index is 1.72. The molecule has 0 saturated heterocycles. The van der Waals surface area contributed by atoms with Crippen molar-refractivity contribution in [3.63, 3.8) is 0 Å². The van der Waals surface area contributed by atoms with Gasteiger partial charge in [-0.1, -0.05) is 23.7 Å². The largest absolute Gasteiger partial charge is 0.493 e. The summed E-state index contributed by atoms with van der Waals surface area (Å²) in [5, 5.41) is 3.37. The van der Waals surface area contributed by atoms with Crippen LogP contribution in [0.4, 0.5) is 5.95 Å². The fraction of sp³-hybridized carbons (Fsp3) is 0.190. The van der Waals surface area contributed by atoms with Crippen LogP contribution in [0.5, 0.6) is 11.5 Å². The van der Waals surface area contributed by atoms with Gasteiger partial charge < -0.3 is 9.47 Å². The quantitative estimate of drug-likeness (QED) is 0.658. The fourth-order valence-corrected chi connectivity index (χ4v) is 2.75. The van der Waals surface area contributed by atoms with Gasteiger partial charge in [0.05, 0.1) is 7.11 Å². The molecule has 1 aromatic heterocycles. The van der Waals surface area contributed by atoms with E-state index in [0.29, 0.717) is 28.7 Å². The first-order valence-electron chi connectivity index (χ1n) is 8.63.